The van der Waals surface area contributed by atoms with Crippen molar-refractivity contribution in [3.05, 3.63) is 0 Å². The van der Waals surface area contributed by atoms with Crippen molar-refractivity contribution in [2.24, 2.45) is 9.98 Å². The summed E-state index contributed by atoms with van der Waals surface area (Å²) in [6.07, 6.45) is 2.76. The summed E-state index contributed by atoms with van der Waals surface area (Å²) >= 11 is 0. The molecular formula is C7H16N4. The van der Waals surface area contributed by atoms with Gasteiger partial charge in [0, 0.05) is 13.3 Å². The van der Waals surface area contributed by atoms with E-state index in [1.807, 2.05) is 27.2 Å². The van der Waals surface area contributed by atoms with E-state index in [-0.39, 0.29) is 0 Å². The van der Waals surface area contributed by atoms with Gasteiger partial charge in [0.2, 0.25) is 5.96 Å². The van der Waals surface area contributed by atoms with E-state index in [0.29, 0.717) is 12.6 Å². The summed E-state index contributed by atoms with van der Waals surface area (Å²) < 4.78 is 0. The van der Waals surface area contributed by atoms with E-state index in [4.69, 9.17) is 0 Å². The van der Waals surface area contributed by atoms with Crippen LogP contribution >= 0.6 is 0 Å². The highest BCUT2D eigenvalue weighted by atomic mass is 15.1. The molecule has 0 heterocycles. The Hall–Kier alpha value is -0.900. The summed E-state index contributed by atoms with van der Waals surface area (Å²) in [7, 11) is 3.65. The van der Waals surface area contributed by atoms with Gasteiger partial charge in [0.25, 0.3) is 0 Å². The summed E-state index contributed by atoms with van der Waals surface area (Å²) in [5.74, 6) is 0.668. The first-order valence-electron chi connectivity index (χ1n) is 3.74. The fourth-order valence-electron chi connectivity index (χ4n) is 0.516. The molecule has 0 aliphatic heterocycles. The minimum Gasteiger partial charge on any atom is -0.358 e. The maximum Gasteiger partial charge on any atom is 0.218 e. The Kier molecular flexibility index (Phi) is 6.62. The Bertz CT molecular complexity index is 139. The van der Waals surface area contributed by atoms with Crippen molar-refractivity contribution in [2.45, 2.75) is 13.3 Å². The van der Waals surface area contributed by atoms with Crippen molar-refractivity contribution < 1.29 is 0 Å². The molecule has 11 heavy (non-hydrogen) atoms. The topological polar surface area (TPSA) is 48.8 Å². The van der Waals surface area contributed by atoms with Crippen LogP contribution < -0.4 is 10.6 Å². The third kappa shape index (κ3) is 5.54. The molecule has 0 fully saturated rings. The third-order valence-electron chi connectivity index (χ3n) is 1.01. The second-order valence-corrected chi connectivity index (χ2v) is 1.96. The molecule has 0 radical (unpaired) electrons. The SMILES string of the molecule is CC/C=N\C(=N/CNC)NC. The molecular weight excluding hydrogens is 140 g/mol. The molecule has 0 aromatic rings. The molecule has 0 rings (SSSR count). The molecule has 0 amide bonds. The molecule has 4 nitrogen and oxygen atoms in total. The van der Waals surface area contributed by atoms with Gasteiger partial charge in [-0.05, 0) is 13.5 Å². The highest BCUT2D eigenvalue weighted by molar-refractivity contribution is 5.87. The van der Waals surface area contributed by atoms with Gasteiger partial charge in [-0.1, -0.05) is 6.92 Å². The zero-order valence-electron chi connectivity index (χ0n) is 7.39. The Labute approximate surface area is 67.8 Å². The lowest BCUT2D eigenvalue weighted by atomic mass is 10.5. The lowest BCUT2D eigenvalue weighted by Gasteiger charge is -1.97. The number of rotatable bonds is 3. The largest absolute Gasteiger partial charge is 0.358 e. The number of nitrogens with one attached hydrogen (secondary N) is 2. The monoisotopic (exact) mass is 156 g/mol. The average molecular weight is 156 g/mol. The van der Waals surface area contributed by atoms with Crippen LogP contribution in [0.15, 0.2) is 9.98 Å². The molecule has 4 heteroatoms. The van der Waals surface area contributed by atoms with Crippen LogP contribution in [0.4, 0.5) is 0 Å². The first-order valence-corrected chi connectivity index (χ1v) is 3.74. The molecule has 0 bridgehead atoms. The average Bonchev–Trinajstić information content (AvgIpc) is 2.05. The van der Waals surface area contributed by atoms with Crippen molar-refractivity contribution >= 4 is 12.2 Å². The van der Waals surface area contributed by atoms with Crippen LogP contribution in [0.25, 0.3) is 0 Å². The Balaban J connectivity index is 3.83. The molecule has 0 aliphatic rings. The van der Waals surface area contributed by atoms with Gasteiger partial charge in [0.1, 0.15) is 0 Å². The predicted octanol–water partition coefficient (Wildman–Crippen LogP) is 0.220. The maximum absolute atomic E-state index is 4.09. The zero-order chi connectivity index (χ0) is 8.53. The van der Waals surface area contributed by atoms with Crippen LogP contribution in [0.5, 0.6) is 0 Å². The maximum atomic E-state index is 4.09. The lowest BCUT2D eigenvalue weighted by molar-refractivity contribution is 0.826. The van der Waals surface area contributed by atoms with Gasteiger partial charge in [-0.25, -0.2) is 9.98 Å². The van der Waals surface area contributed by atoms with Crippen LogP contribution in [-0.2, 0) is 0 Å². The molecule has 0 atom stereocenters. The van der Waals surface area contributed by atoms with E-state index in [2.05, 4.69) is 20.6 Å². The highest BCUT2D eigenvalue weighted by Gasteiger charge is 1.86. The second kappa shape index (κ2) is 7.21. The number of nitrogens with zero attached hydrogens (tertiary/aromatic N) is 2. The molecule has 0 aromatic carbocycles. The van der Waals surface area contributed by atoms with Gasteiger partial charge in [-0.2, -0.15) is 0 Å². The van der Waals surface area contributed by atoms with Gasteiger partial charge < -0.3 is 10.6 Å². The quantitative estimate of drug-likeness (QED) is 0.453. The highest BCUT2D eigenvalue weighted by Crippen LogP contribution is 1.75. The molecule has 0 saturated carbocycles. The van der Waals surface area contributed by atoms with Crippen molar-refractivity contribution in [2.75, 3.05) is 20.8 Å². The standard InChI is InChI=1S/C7H16N4/c1-4-5-10-7(9-3)11-6-8-2/h5,8H,4,6H2,1-3H3,(H,9,11)/b10-5-. The van der Waals surface area contributed by atoms with Gasteiger partial charge in [0.05, 0.1) is 6.67 Å². The number of hydrogen-bond donors (Lipinski definition) is 2. The molecule has 2 N–H and O–H groups in total. The van der Waals surface area contributed by atoms with E-state index in [1.54, 1.807) is 0 Å². The Morgan fingerprint density at radius 2 is 2.18 bits per heavy atom. The fourth-order valence-corrected chi connectivity index (χ4v) is 0.516. The van der Waals surface area contributed by atoms with Crippen molar-refractivity contribution in [1.82, 2.24) is 10.6 Å². The van der Waals surface area contributed by atoms with Crippen molar-refractivity contribution in [3.8, 4) is 0 Å². The molecule has 0 aliphatic carbocycles. The van der Waals surface area contributed by atoms with Gasteiger partial charge in [-0.3, -0.25) is 0 Å². The van der Waals surface area contributed by atoms with Gasteiger partial charge >= 0.3 is 0 Å². The summed E-state index contributed by atoms with van der Waals surface area (Å²) in [6.45, 7) is 2.63. The third-order valence-corrected chi connectivity index (χ3v) is 1.01. The van der Waals surface area contributed by atoms with Crippen molar-refractivity contribution in [3.63, 3.8) is 0 Å². The van der Waals surface area contributed by atoms with Crippen LogP contribution in [0.1, 0.15) is 13.3 Å². The van der Waals surface area contributed by atoms with Crippen LogP contribution in [-0.4, -0.2) is 32.9 Å². The summed E-state index contributed by atoms with van der Waals surface area (Å²) in [4.78, 5) is 8.17. The predicted molar refractivity (Wildman–Crippen MR) is 49.2 cm³/mol. The molecule has 64 valence electrons. The molecule has 0 unspecified atom stereocenters. The first kappa shape index (κ1) is 10.1. The van der Waals surface area contributed by atoms with Crippen LogP contribution in [0, 0.1) is 0 Å². The fraction of sp³-hybridized carbons (Fsp3) is 0.714. The number of hydrogen-bond acceptors (Lipinski definition) is 2. The summed E-state index contributed by atoms with van der Waals surface area (Å²) in [5, 5.41) is 5.79. The van der Waals surface area contributed by atoms with Gasteiger partial charge in [0.15, 0.2) is 0 Å². The Morgan fingerprint density at radius 3 is 2.64 bits per heavy atom. The van der Waals surface area contributed by atoms with Gasteiger partial charge in [-0.15, -0.1) is 0 Å². The smallest absolute Gasteiger partial charge is 0.218 e. The Morgan fingerprint density at radius 1 is 1.45 bits per heavy atom. The summed E-state index contributed by atoms with van der Waals surface area (Å²) in [5.41, 5.74) is 0. The van der Waals surface area contributed by atoms with Crippen LogP contribution in [0.2, 0.25) is 0 Å². The molecule has 0 saturated heterocycles. The summed E-state index contributed by atoms with van der Waals surface area (Å²) in [6, 6.07) is 0. The zero-order valence-corrected chi connectivity index (χ0v) is 7.39. The van der Waals surface area contributed by atoms with E-state index in [1.165, 1.54) is 0 Å². The second-order valence-electron chi connectivity index (χ2n) is 1.96. The van der Waals surface area contributed by atoms with Crippen molar-refractivity contribution in [1.29, 1.82) is 0 Å². The minimum atomic E-state index is 0.594. The molecule has 0 aromatic heterocycles. The van der Waals surface area contributed by atoms with E-state index >= 15 is 0 Å². The van der Waals surface area contributed by atoms with E-state index in [0.717, 1.165) is 6.42 Å². The lowest BCUT2D eigenvalue weighted by Crippen LogP contribution is -2.18. The normalized spacial score (nSPS) is 12.5. The first-order chi connectivity index (χ1) is 5.35. The minimum absolute atomic E-state index is 0.594. The van der Waals surface area contributed by atoms with E-state index in [9.17, 15) is 0 Å². The number of aliphatic imine (C=N–C) groups is 2. The van der Waals surface area contributed by atoms with E-state index < -0.39 is 0 Å². The molecule has 0 spiro atoms. The van der Waals surface area contributed by atoms with Crippen LogP contribution in [0.3, 0.4) is 0 Å². The number of guanidine groups is 1.